The van der Waals surface area contributed by atoms with Gasteiger partial charge in [-0.05, 0) is 0 Å². The monoisotopic (exact) mass is 359 g/mol. The Hall–Kier alpha value is -4.12. The number of nitriles is 2. The van der Waals surface area contributed by atoms with Crippen molar-refractivity contribution in [2.24, 2.45) is 0 Å². The lowest BCUT2D eigenvalue weighted by Crippen LogP contribution is -2.26. The Balaban J connectivity index is 2.54. The van der Waals surface area contributed by atoms with E-state index in [1.165, 1.54) is 6.07 Å². The van der Waals surface area contributed by atoms with E-state index in [9.17, 15) is 27.6 Å². The molecular weight excluding hydrogens is 355 g/mol. The van der Waals surface area contributed by atoms with E-state index < -0.39 is 68.6 Å². The second kappa shape index (κ2) is 5.46. The van der Waals surface area contributed by atoms with Crippen LogP contribution in [0.25, 0.3) is 5.69 Å². The van der Waals surface area contributed by atoms with Gasteiger partial charge in [-0.25, -0.2) is 13.2 Å². The standard InChI is InChI=1S/C15H4F3N5O3/c16-9-5(2-19)11(18)12(6(3-20)10(9)17)23-7(24)1-4-8(13(23)21)15(26)22-14(4)25/h1H,21H2,(H,22,25,26). The number of nitrogens with zero attached hydrogens (tertiary/aromatic N) is 3. The van der Waals surface area contributed by atoms with Gasteiger partial charge in [0, 0.05) is 6.07 Å². The molecule has 1 aromatic heterocycles. The van der Waals surface area contributed by atoms with Crippen molar-refractivity contribution in [3.8, 4) is 17.8 Å². The molecular formula is C15H4F3N5O3. The SMILES string of the molecule is N#Cc1c(F)c(F)c(C#N)c(-n2c(N)c3c(cc2=O)C(=O)NC3=O)c1F. The Morgan fingerprint density at radius 2 is 1.54 bits per heavy atom. The first-order valence-corrected chi connectivity index (χ1v) is 6.66. The van der Waals surface area contributed by atoms with E-state index in [0.717, 1.165) is 6.07 Å². The molecule has 0 radical (unpaired) electrons. The highest BCUT2D eigenvalue weighted by Crippen LogP contribution is 2.30. The molecule has 0 saturated carbocycles. The van der Waals surface area contributed by atoms with E-state index in [2.05, 4.69) is 0 Å². The van der Waals surface area contributed by atoms with Crippen LogP contribution >= 0.6 is 0 Å². The minimum Gasteiger partial charge on any atom is -0.384 e. The van der Waals surface area contributed by atoms with Gasteiger partial charge in [0.1, 0.15) is 34.8 Å². The molecule has 0 bridgehead atoms. The molecule has 2 aromatic rings. The van der Waals surface area contributed by atoms with E-state index in [0.29, 0.717) is 6.07 Å². The number of anilines is 1. The Kier molecular flexibility index (Phi) is 3.51. The smallest absolute Gasteiger partial charge is 0.262 e. The van der Waals surface area contributed by atoms with Gasteiger partial charge in [-0.2, -0.15) is 10.5 Å². The van der Waals surface area contributed by atoms with Crippen molar-refractivity contribution in [1.82, 2.24) is 9.88 Å². The largest absolute Gasteiger partial charge is 0.384 e. The first-order chi connectivity index (χ1) is 12.2. The van der Waals surface area contributed by atoms with Crippen LogP contribution in [-0.2, 0) is 0 Å². The Labute approximate surface area is 141 Å². The third kappa shape index (κ3) is 1.98. The summed E-state index contributed by atoms with van der Waals surface area (Å²) in [7, 11) is 0. The number of nitrogens with two attached hydrogens (primary N) is 1. The number of carbonyl (C=O) groups is 2. The average molecular weight is 359 g/mol. The van der Waals surface area contributed by atoms with E-state index in [1.807, 2.05) is 5.32 Å². The highest BCUT2D eigenvalue weighted by atomic mass is 19.2. The van der Waals surface area contributed by atoms with Gasteiger partial charge >= 0.3 is 0 Å². The maximum atomic E-state index is 14.6. The van der Waals surface area contributed by atoms with Gasteiger partial charge in [-0.15, -0.1) is 0 Å². The molecule has 1 aliphatic rings. The van der Waals surface area contributed by atoms with Crippen molar-refractivity contribution >= 4 is 17.6 Å². The van der Waals surface area contributed by atoms with Crippen LogP contribution in [0.4, 0.5) is 19.0 Å². The summed E-state index contributed by atoms with van der Waals surface area (Å²) >= 11 is 0. The number of carbonyl (C=O) groups excluding carboxylic acids is 2. The van der Waals surface area contributed by atoms with Crippen LogP contribution in [0.1, 0.15) is 31.8 Å². The van der Waals surface area contributed by atoms with Crippen molar-refractivity contribution in [2.45, 2.75) is 0 Å². The molecule has 3 rings (SSSR count). The van der Waals surface area contributed by atoms with Crippen molar-refractivity contribution in [3.63, 3.8) is 0 Å². The molecule has 8 nitrogen and oxygen atoms in total. The second-order valence-corrected chi connectivity index (χ2v) is 5.04. The number of amides is 2. The first kappa shape index (κ1) is 16.7. The number of halogens is 3. The normalized spacial score (nSPS) is 12.3. The van der Waals surface area contributed by atoms with Crippen molar-refractivity contribution in [3.05, 3.63) is 56.1 Å². The summed E-state index contributed by atoms with van der Waals surface area (Å²) in [6.45, 7) is 0. The van der Waals surface area contributed by atoms with Crippen LogP contribution in [0.5, 0.6) is 0 Å². The molecule has 2 amide bonds. The molecule has 0 atom stereocenters. The molecule has 3 N–H and O–H groups in total. The number of hydrogen-bond donors (Lipinski definition) is 2. The fraction of sp³-hybridized carbons (Fsp3) is 0. The molecule has 2 heterocycles. The molecule has 0 aliphatic carbocycles. The predicted octanol–water partition coefficient (Wildman–Crippen LogP) is 0.464. The summed E-state index contributed by atoms with van der Waals surface area (Å²) in [6.07, 6.45) is 0. The number of imide groups is 1. The second-order valence-electron chi connectivity index (χ2n) is 5.04. The van der Waals surface area contributed by atoms with E-state index in [4.69, 9.17) is 16.3 Å². The van der Waals surface area contributed by atoms with Crippen molar-refractivity contribution in [1.29, 1.82) is 10.5 Å². The van der Waals surface area contributed by atoms with Crippen LogP contribution < -0.4 is 16.6 Å². The maximum Gasteiger partial charge on any atom is 0.262 e. The number of aromatic nitrogens is 1. The van der Waals surface area contributed by atoms with Gasteiger partial charge in [-0.1, -0.05) is 0 Å². The van der Waals surface area contributed by atoms with E-state index in [-0.39, 0.29) is 4.57 Å². The van der Waals surface area contributed by atoms with Crippen molar-refractivity contribution < 1.29 is 22.8 Å². The summed E-state index contributed by atoms with van der Waals surface area (Å²) in [5.41, 5.74) is -0.185. The molecule has 0 fully saturated rings. The quantitative estimate of drug-likeness (QED) is 0.560. The third-order valence-corrected chi connectivity index (χ3v) is 3.70. The van der Waals surface area contributed by atoms with Crippen LogP contribution in [0, 0.1) is 40.1 Å². The zero-order valence-corrected chi connectivity index (χ0v) is 12.4. The molecule has 1 aliphatic heterocycles. The van der Waals surface area contributed by atoms with Crippen LogP contribution in [0.2, 0.25) is 0 Å². The molecule has 0 saturated heterocycles. The lowest BCUT2D eigenvalue weighted by molar-refractivity contribution is 0.0880. The summed E-state index contributed by atoms with van der Waals surface area (Å²) in [5, 5.41) is 19.7. The summed E-state index contributed by atoms with van der Waals surface area (Å²) in [6, 6.07) is 2.90. The summed E-state index contributed by atoms with van der Waals surface area (Å²) < 4.78 is 42.6. The Morgan fingerprint density at radius 1 is 0.962 bits per heavy atom. The number of rotatable bonds is 1. The van der Waals surface area contributed by atoms with Crippen LogP contribution in [-0.4, -0.2) is 16.4 Å². The molecule has 1 aromatic carbocycles. The van der Waals surface area contributed by atoms with Gasteiger partial charge < -0.3 is 5.73 Å². The summed E-state index contributed by atoms with van der Waals surface area (Å²) in [5.74, 6) is -8.20. The van der Waals surface area contributed by atoms with Gasteiger partial charge in [0.15, 0.2) is 17.5 Å². The molecule has 11 heteroatoms. The van der Waals surface area contributed by atoms with Crippen LogP contribution in [0.15, 0.2) is 10.9 Å². The molecule has 26 heavy (non-hydrogen) atoms. The van der Waals surface area contributed by atoms with Crippen LogP contribution in [0.3, 0.4) is 0 Å². The van der Waals surface area contributed by atoms with Gasteiger partial charge in [0.25, 0.3) is 17.4 Å². The molecule has 0 unspecified atom stereocenters. The Morgan fingerprint density at radius 3 is 2.12 bits per heavy atom. The number of nitrogen functional groups attached to an aromatic ring is 1. The van der Waals surface area contributed by atoms with Gasteiger partial charge in [-0.3, -0.25) is 24.3 Å². The summed E-state index contributed by atoms with van der Waals surface area (Å²) in [4.78, 5) is 35.7. The minimum atomic E-state index is -1.91. The minimum absolute atomic E-state index is 0.230. The lowest BCUT2D eigenvalue weighted by Gasteiger charge is -2.15. The zero-order chi connectivity index (χ0) is 19.3. The first-order valence-electron chi connectivity index (χ1n) is 6.66. The van der Waals surface area contributed by atoms with E-state index >= 15 is 0 Å². The number of hydrogen-bond acceptors (Lipinski definition) is 6. The van der Waals surface area contributed by atoms with Crippen molar-refractivity contribution in [2.75, 3.05) is 5.73 Å². The topological polar surface area (TPSA) is 142 Å². The molecule has 0 spiro atoms. The Bertz CT molecular complexity index is 1190. The predicted molar refractivity (Wildman–Crippen MR) is 77.6 cm³/mol. The lowest BCUT2D eigenvalue weighted by atomic mass is 10.1. The number of benzene rings is 1. The average Bonchev–Trinajstić information content (AvgIpc) is 2.86. The fourth-order valence-electron chi connectivity index (χ4n) is 2.57. The third-order valence-electron chi connectivity index (χ3n) is 3.70. The number of nitrogens with one attached hydrogen (secondary N) is 1. The maximum absolute atomic E-state index is 14.6. The fourth-order valence-corrected chi connectivity index (χ4v) is 2.57. The van der Waals surface area contributed by atoms with Gasteiger partial charge in [0.05, 0.1) is 11.1 Å². The molecule has 128 valence electrons. The number of fused-ring (bicyclic) bond motifs is 1. The van der Waals surface area contributed by atoms with Gasteiger partial charge in [0.2, 0.25) is 0 Å². The van der Waals surface area contributed by atoms with E-state index in [1.54, 1.807) is 0 Å². The highest BCUT2D eigenvalue weighted by molar-refractivity contribution is 6.23. The number of pyridine rings is 1. The zero-order valence-electron chi connectivity index (χ0n) is 12.4. The highest BCUT2D eigenvalue weighted by Gasteiger charge is 2.34.